The molecule has 1 saturated carbocycles. The van der Waals surface area contributed by atoms with Gasteiger partial charge in [0.15, 0.2) is 5.65 Å². The van der Waals surface area contributed by atoms with E-state index in [-0.39, 0.29) is 17.4 Å². The van der Waals surface area contributed by atoms with Gasteiger partial charge in [-0.1, -0.05) is 6.42 Å². The zero-order valence-corrected chi connectivity index (χ0v) is 24.4. The van der Waals surface area contributed by atoms with Gasteiger partial charge in [0.25, 0.3) is 5.91 Å². The lowest BCUT2D eigenvalue weighted by Crippen LogP contribution is -2.48. The number of carbonyl (C=O) groups is 1. The van der Waals surface area contributed by atoms with Crippen molar-refractivity contribution in [3.05, 3.63) is 47.5 Å². The maximum Gasteiger partial charge on any atom is 0.283 e. The van der Waals surface area contributed by atoms with Gasteiger partial charge in [0, 0.05) is 45.2 Å². The van der Waals surface area contributed by atoms with E-state index >= 15 is 0 Å². The molecule has 2 aliphatic heterocycles. The molecule has 12 heteroatoms. The van der Waals surface area contributed by atoms with E-state index in [1.165, 1.54) is 12.1 Å². The molecular weight excluding hydrogens is 547 g/mol. The number of anilines is 1. The van der Waals surface area contributed by atoms with E-state index in [0.717, 1.165) is 94.1 Å². The molecule has 10 nitrogen and oxygen atoms in total. The number of benzene rings is 1. The lowest BCUT2D eigenvalue weighted by molar-refractivity contribution is 0.0233. The summed E-state index contributed by atoms with van der Waals surface area (Å²) in [5.41, 5.74) is 2.88. The molecule has 0 radical (unpaired) electrons. The molecule has 1 N–H and O–H groups in total. The summed E-state index contributed by atoms with van der Waals surface area (Å²) in [6.45, 7) is 3.67. The minimum atomic E-state index is -3.79. The third-order valence-electron chi connectivity index (χ3n) is 8.85. The van der Waals surface area contributed by atoms with Crippen molar-refractivity contribution >= 4 is 32.7 Å². The average molecular weight is 585 g/mol. The number of piperidine rings is 2. The monoisotopic (exact) mass is 584 g/mol. The topological polar surface area (TPSA) is 110 Å². The summed E-state index contributed by atoms with van der Waals surface area (Å²) >= 11 is 0. The zero-order valence-electron chi connectivity index (χ0n) is 23.6. The first kappa shape index (κ1) is 28.0. The fraction of sp³-hybridized carbons (Fsp3) is 0.552. The van der Waals surface area contributed by atoms with Crippen molar-refractivity contribution < 1.29 is 22.3 Å². The molecule has 0 bridgehead atoms. The first-order valence-corrected chi connectivity index (χ1v) is 16.3. The van der Waals surface area contributed by atoms with E-state index < -0.39 is 15.9 Å². The van der Waals surface area contributed by atoms with Crippen molar-refractivity contribution in [3.8, 4) is 5.69 Å². The molecule has 220 valence electrons. The number of ether oxygens (including phenoxy) is 1. The molecular formula is C29H37FN6O4S. The smallest absolute Gasteiger partial charge is 0.283 e. The summed E-state index contributed by atoms with van der Waals surface area (Å²) in [6.07, 6.45) is 8.52. The predicted molar refractivity (Wildman–Crippen MR) is 155 cm³/mol. The second kappa shape index (κ2) is 11.3. The third-order valence-corrected chi connectivity index (χ3v) is 9.41. The van der Waals surface area contributed by atoms with Gasteiger partial charge in [-0.05, 0) is 68.9 Å². The summed E-state index contributed by atoms with van der Waals surface area (Å²) in [4.78, 5) is 22.6. The number of pyridine rings is 1. The molecule has 1 aromatic carbocycles. The predicted octanol–water partition coefficient (Wildman–Crippen LogP) is 3.60. The van der Waals surface area contributed by atoms with Crippen LogP contribution >= 0.6 is 0 Å². The van der Waals surface area contributed by atoms with E-state index in [1.807, 2.05) is 0 Å². The lowest BCUT2D eigenvalue weighted by atomic mass is 9.82. The number of sulfonamides is 1. The third kappa shape index (κ3) is 5.82. The van der Waals surface area contributed by atoms with Crippen molar-refractivity contribution in [1.29, 1.82) is 0 Å². The number of hydrogen-bond acceptors (Lipinski definition) is 8. The van der Waals surface area contributed by atoms with Gasteiger partial charge in [0.05, 0.1) is 34.8 Å². The highest BCUT2D eigenvalue weighted by atomic mass is 32.2. The van der Waals surface area contributed by atoms with Crippen LogP contribution in [0.25, 0.3) is 16.7 Å². The molecule has 1 aliphatic carbocycles. The second-order valence-electron chi connectivity index (χ2n) is 11.5. The number of rotatable bonds is 7. The Morgan fingerprint density at radius 1 is 1.02 bits per heavy atom. The van der Waals surface area contributed by atoms with Crippen molar-refractivity contribution in [2.45, 2.75) is 63.0 Å². The molecule has 2 saturated heterocycles. The normalized spacial score (nSPS) is 19.9. The summed E-state index contributed by atoms with van der Waals surface area (Å²) < 4.78 is 46.9. The molecule has 4 heterocycles. The Bertz CT molecular complexity index is 1520. The maximum atomic E-state index is 13.8. The number of nitrogens with zero attached hydrogens (tertiary/aromatic N) is 5. The second-order valence-corrected chi connectivity index (χ2v) is 13.3. The van der Waals surface area contributed by atoms with Crippen LogP contribution in [0.5, 0.6) is 0 Å². The number of aromatic nitrogens is 3. The van der Waals surface area contributed by atoms with Crippen LogP contribution < -0.4 is 9.62 Å². The molecule has 41 heavy (non-hydrogen) atoms. The van der Waals surface area contributed by atoms with E-state index in [4.69, 9.17) is 9.84 Å². The highest BCUT2D eigenvalue weighted by molar-refractivity contribution is 7.89. The fourth-order valence-electron chi connectivity index (χ4n) is 6.39. The molecule has 2 aromatic heterocycles. The number of methoxy groups -OCH3 is 1. The molecule has 0 atom stereocenters. The first-order valence-electron chi connectivity index (χ1n) is 14.4. The lowest BCUT2D eigenvalue weighted by Gasteiger charge is -2.42. The van der Waals surface area contributed by atoms with Gasteiger partial charge in [0.2, 0.25) is 10.0 Å². The first-order chi connectivity index (χ1) is 19.7. The summed E-state index contributed by atoms with van der Waals surface area (Å²) in [5.74, 6) is -0.876. The standard InChI is InChI=1S/C29H37FN6O4S/c1-40-23-12-16-34(17-13-23)21-10-14-35(15-11-21)25-18-24(29(37)33-41(2,38)39)31-28-26(25)27(19-4-3-5-19)32-36(28)22-8-6-20(30)7-9-22/h6-9,18-19,21,23H,3-5,10-17H2,1-2H3,(H,33,37). The van der Waals surface area contributed by atoms with Gasteiger partial charge < -0.3 is 14.5 Å². The number of hydrogen-bond donors (Lipinski definition) is 1. The van der Waals surface area contributed by atoms with Crippen LogP contribution in [0.2, 0.25) is 0 Å². The Morgan fingerprint density at radius 3 is 2.29 bits per heavy atom. The molecule has 0 unspecified atom stereocenters. The molecule has 1 amide bonds. The van der Waals surface area contributed by atoms with Crippen molar-refractivity contribution in [3.63, 3.8) is 0 Å². The Kier molecular flexibility index (Phi) is 7.73. The highest BCUT2D eigenvalue weighted by Crippen LogP contribution is 2.43. The van der Waals surface area contributed by atoms with Crippen LogP contribution in [0.15, 0.2) is 30.3 Å². The van der Waals surface area contributed by atoms with Gasteiger partial charge in [0.1, 0.15) is 11.5 Å². The SMILES string of the molecule is COC1CCN(C2CCN(c3cc(C(=O)NS(C)(=O)=O)nc4c3c(C3CCC3)nn4-c3ccc(F)cc3)CC2)CC1. The highest BCUT2D eigenvalue weighted by Gasteiger charge is 2.33. The molecule has 6 rings (SSSR count). The molecule has 3 aliphatic rings. The van der Waals surface area contributed by atoms with Crippen LogP contribution in [-0.4, -0.2) is 85.7 Å². The zero-order chi connectivity index (χ0) is 28.7. The summed E-state index contributed by atoms with van der Waals surface area (Å²) in [6, 6.07) is 8.21. The van der Waals surface area contributed by atoms with Crippen LogP contribution in [0.3, 0.4) is 0 Å². The van der Waals surface area contributed by atoms with Crippen LogP contribution in [0, 0.1) is 5.82 Å². The Morgan fingerprint density at radius 2 is 1.71 bits per heavy atom. The number of fused-ring (bicyclic) bond motifs is 1. The summed E-state index contributed by atoms with van der Waals surface area (Å²) in [7, 11) is -2.00. The van der Waals surface area contributed by atoms with Gasteiger partial charge in [-0.2, -0.15) is 5.10 Å². The Hall–Kier alpha value is -3.09. The van der Waals surface area contributed by atoms with Crippen molar-refractivity contribution in [1.82, 2.24) is 24.4 Å². The average Bonchev–Trinajstić information content (AvgIpc) is 3.30. The number of carbonyl (C=O) groups excluding carboxylic acids is 1. The van der Waals surface area contributed by atoms with Gasteiger partial charge in [-0.25, -0.2) is 27.2 Å². The minimum absolute atomic E-state index is 0.00473. The summed E-state index contributed by atoms with van der Waals surface area (Å²) in [5, 5.41) is 5.86. The molecule has 3 aromatic rings. The largest absolute Gasteiger partial charge is 0.381 e. The Balaban J connectivity index is 1.39. The van der Waals surface area contributed by atoms with E-state index in [1.54, 1.807) is 30.0 Å². The molecule has 3 fully saturated rings. The number of nitrogens with one attached hydrogen (secondary N) is 1. The van der Waals surface area contributed by atoms with E-state index in [9.17, 15) is 17.6 Å². The number of likely N-dealkylation sites (tertiary alicyclic amines) is 1. The number of amides is 1. The van der Waals surface area contributed by atoms with E-state index in [0.29, 0.717) is 23.5 Å². The van der Waals surface area contributed by atoms with Crippen molar-refractivity contribution in [2.24, 2.45) is 0 Å². The number of halogens is 1. The fourth-order valence-corrected chi connectivity index (χ4v) is 6.83. The van der Waals surface area contributed by atoms with Gasteiger partial charge in [-0.15, -0.1) is 0 Å². The van der Waals surface area contributed by atoms with Crippen LogP contribution in [-0.2, 0) is 14.8 Å². The van der Waals surface area contributed by atoms with Crippen LogP contribution in [0.4, 0.5) is 10.1 Å². The minimum Gasteiger partial charge on any atom is -0.381 e. The molecule has 0 spiro atoms. The van der Waals surface area contributed by atoms with Crippen molar-refractivity contribution in [2.75, 3.05) is 44.4 Å². The maximum absolute atomic E-state index is 13.8. The Labute approximate surface area is 239 Å². The van der Waals surface area contributed by atoms with Gasteiger partial charge in [-0.3, -0.25) is 4.79 Å². The van der Waals surface area contributed by atoms with E-state index in [2.05, 4.69) is 19.5 Å². The van der Waals surface area contributed by atoms with Gasteiger partial charge >= 0.3 is 0 Å². The quantitative estimate of drug-likeness (QED) is 0.449. The van der Waals surface area contributed by atoms with Crippen LogP contribution in [0.1, 0.15) is 67.0 Å².